The number of halogens is 1. The van der Waals surface area contributed by atoms with Gasteiger partial charge < -0.3 is 20.4 Å². The number of carbonyl (C=O) groups excluding carboxylic acids is 2. The predicted octanol–water partition coefficient (Wildman–Crippen LogP) is 1.63. The summed E-state index contributed by atoms with van der Waals surface area (Å²) >= 11 is 0. The normalized spacial score (nSPS) is 21.0. The van der Waals surface area contributed by atoms with Gasteiger partial charge in [-0.05, 0) is 49.9 Å². The molecule has 1 aromatic carbocycles. The topological polar surface area (TPSA) is 64.7 Å². The second kappa shape index (κ2) is 7.72. The number of hydrogen-bond donors (Lipinski definition) is 2. The first kappa shape index (κ1) is 17.5. The van der Waals surface area contributed by atoms with Crippen LogP contribution in [0.1, 0.15) is 24.8 Å². The highest BCUT2D eigenvalue weighted by Crippen LogP contribution is 2.24. The van der Waals surface area contributed by atoms with Gasteiger partial charge in [-0.3, -0.25) is 4.79 Å². The minimum atomic E-state index is -0.233. The van der Waals surface area contributed by atoms with Crippen molar-refractivity contribution in [1.29, 1.82) is 0 Å². The minimum Gasteiger partial charge on any atom is -0.369 e. The average molecular weight is 348 g/mol. The first-order valence-corrected chi connectivity index (χ1v) is 8.86. The Kier molecular flexibility index (Phi) is 5.40. The Morgan fingerprint density at radius 2 is 2.20 bits per heavy atom. The van der Waals surface area contributed by atoms with Crippen LogP contribution in [0.2, 0.25) is 0 Å². The lowest BCUT2D eigenvalue weighted by molar-refractivity contribution is -0.122. The van der Waals surface area contributed by atoms with Crippen molar-refractivity contribution in [1.82, 2.24) is 15.5 Å². The van der Waals surface area contributed by atoms with Gasteiger partial charge in [-0.1, -0.05) is 0 Å². The number of nitrogens with one attached hydrogen (secondary N) is 2. The molecule has 0 saturated carbocycles. The van der Waals surface area contributed by atoms with Gasteiger partial charge in [0.25, 0.3) is 0 Å². The zero-order valence-corrected chi connectivity index (χ0v) is 14.6. The molecule has 1 atom stereocenters. The van der Waals surface area contributed by atoms with E-state index in [0.29, 0.717) is 19.6 Å². The molecule has 2 saturated heterocycles. The quantitative estimate of drug-likeness (QED) is 0.869. The molecule has 3 amide bonds. The molecule has 0 unspecified atom stereocenters. The summed E-state index contributed by atoms with van der Waals surface area (Å²) in [6, 6.07) is 4.67. The number of hydrogen-bond acceptors (Lipinski definition) is 3. The Bertz CT molecular complexity index is 652. The lowest BCUT2D eigenvalue weighted by Gasteiger charge is -2.36. The maximum absolute atomic E-state index is 13.3. The van der Waals surface area contributed by atoms with Crippen molar-refractivity contribution in [2.75, 3.05) is 37.6 Å². The van der Waals surface area contributed by atoms with Gasteiger partial charge in [0, 0.05) is 37.9 Å². The molecule has 0 aliphatic carbocycles. The predicted molar refractivity (Wildman–Crippen MR) is 94.1 cm³/mol. The van der Waals surface area contributed by atoms with Crippen LogP contribution in [0.25, 0.3) is 0 Å². The van der Waals surface area contributed by atoms with Gasteiger partial charge in [0.1, 0.15) is 12.4 Å². The van der Waals surface area contributed by atoms with Gasteiger partial charge in [0.05, 0.1) is 0 Å². The van der Waals surface area contributed by atoms with Crippen molar-refractivity contribution < 1.29 is 14.0 Å². The average Bonchev–Trinajstić information content (AvgIpc) is 2.57. The number of nitrogens with zero attached hydrogens (tertiary/aromatic N) is 2. The van der Waals surface area contributed by atoms with E-state index in [2.05, 4.69) is 15.5 Å². The van der Waals surface area contributed by atoms with E-state index in [9.17, 15) is 14.0 Å². The number of amides is 3. The maximum atomic E-state index is 13.3. The molecule has 136 valence electrons. The maximum Gasteiger partial charge on any atom is 0.317 e. The highest BCUT2D eigenvalue weighted by Gasteiger charge is 2.25. The van der Waals surface area contributed by atoms with E-state index >= 15 is 0 Å². The second-order valence-corrected chi connectivity index (χ2v) is 6.79. The van der Waals surface area contributed by atoms with Crippen molar-refractivity contribution in [2.45, 2.75) is 32.2 Å². The molecule has 2 aliphatic rings. The van der Waals surface area contributed by atoms with E-state index in [1.54, 1.807) is 11.0 Å². The summed E-state index contributed by atoms with van der Waals surface area (Å²) in [4.78, 5) is 27.7. The molecule has 0 radical (unpaired) electrons. The molecule has 7 heteroatoms. The Morgan fingerprint density at radius 1 is 1.36 bits per heavy atom. The number of rotatable bonds is 4. The summed E-state index contributed by atoms with van der Waals surface area (Å²) in [5.41, 5.74) is 1.91. The molecule has 1 aromatic rings. The van der Waals surface area contributed by atoms with Gasteiger partial charge in [0.15, 0.2) is 0 Å². The lowest BCUT2D eigenvalue weighted by atomic mass is 10.0. The van der Waals surface area contributed by atoms with E-state index in [0.717, 1.165) is 37.1 Å². The Balaban J connectivity index is 1.56. The molecular formula is C18H25FN4O2. The number of carbonyl (C=O) groups is 2. The highest BCUT2D eigenvalue weighted by atomic mass is 19.1. The van der Waals surface area contributed by atoms with Crippen LogP contribution >= 0.6 is 0 Å². The van der Waals surface area contributed by atoms with Crippen LogP contribution in [0.15, 0.2) is 18.2 Å². The van der Waals surface area contributed by atoms with Crippen molar-refractivity contribution in [3.8, 4) is 0 Å². The van der Waals surface area contributed by atoms with Crippen LogP contribution in [-0.2, 0) is 4.79 Å². The van der Waals surface area contributed by atoms with Gasteiger partial charge in [-0.15, -0.1) is 0 Å². The van der Waals surface area contributed by atoms with Gasteiger partial charge in [-0.2, -0.15) is 0 Å². The fourth-order valence-electron chi connectivity index (χ4n) is 3.56. The molecular weight excluding hydrogens is 323 g/mol. The summed E-state index contributed by atoms with van der Waals surface area (Å²) in [6.07, 6.45) is 2.74. The summed E-state index contributed by atoms with van der Waals surface area (Å²) in [6.45, 7) is 4.88. The summed E-state index contributed by atoms with van der Waals surface area (Å²) in [5, 5.41) is 5.79. The van der Waals surface area contributed by atoms with Crippen LogP contribution < -0.4 is 15.5 Å². The van der Waals surface area contributed by atoms with Crippen LogP contribution in [0.5, 0.6) is 0 Å². The van der Waals surface area contributed by atoms with Gasteiger partial charge in [0.2, 0.25) is 5.91 Å². The molecule has 25 heavy (non-hydrogen) atoms. The zero-order chi connectivity index (χ0) is 17.8. The Hall–Kier alpha value is -2.31. The summed E-state index contributed by atoms with van der Waals surface area (Å²) in [5.74, 6) is -0.359. The van der Waals surface area contributed by atoms with Crippen LogP contribution in [0.3, 0.4) is 0 Å². The third-order valence-corrected chi connectivity index (χ3v) is 4.79. The van der Waals surface area contributed by atoms with Crippen LogP contribution in [-0.4, -0.2) is 55.6 Å². The number of piperidine rings is 1. The lowest BCUT2D eigenvalue weighted by Crippen LogP contribution is -2.53. The zero-order valence-electron chi connectivity index (χ0n) is 14.6. The summed E-state index contributed by atoms with van der Waals surface area (Å²) < 4.78 is 13.3. The molecule has 2 heterocycles. The van der Waals surface area contributed by atoms with E-state index in [1.807, 2.05) is 6.92 Å². The standard InChI is InChI=1S/C18H25FN4O2/c1-13-10-14(19)5-6-16(13)22-8-2-4-15(11-22)21-17(24)12-23-9-3-7-20-18(23)25/h5-6,10,15H,2-4,7-9,11-12H2,1H3,(H,20,25)(H,21,24)/t15-/m1/s1. The summed E-state index contributed by atoms with van der Waals surface area (Å²) in [7, 11) is 0. The number of anilines is 1. The van der Waals surface area contributed by atoms with Crippen molar-refractivity contribution in [3.63, 3.8) is 0 Å². The number of benzene rings is 1. The second-order valence-electron chi connectivity index (χ2n) is 6.79. The Labute approximate surface area is 147 Å². The van der Waals surface area contributed by atoms with E-state index in [-0.39, 0.29) is 30.3 Å². The highest BCUT2D eigenvalue weighted by molar-refractivity contribution is 5.84. The molecule has 0 spiro atoms. The van der Waals surface area contributed by atoms with Crippen molar-refractivity contribution in [3.05, 3.63) is 29.6 Å². The third kappa shape index (κ3) is 4.41. The molecule has 6 nitrogen and oxygen atoms in total. The van der Waals surface area contributed by atoms with Gasteiger partial charge >= 0.3 is 6.03 Å². The monoisotopic (exact) mass is 348 g/mol. The van der Waals surface area contributed by atoms with E-state index in [4.69, 9.17) is 0 Å². The van der Waals surface area contributed by atoms with Crippen LogP contribution in [0.4, 0.5) is 14.9 Å². The number of aryl methyl sites for hydroxylation is 1. The van der Waals surface area contributed by atoms with Crippen LogP contribution in [0, 0.1) is 12.7 Å². The SMILES string of the molecule is Cc1cc(F)ccc1N1CCC[C@@H](NC(=O)CN2CCCNC2=O)C1. The Morgan fingerprint density at radius 3 is 2.96 bits per heavy atom. The first-order valence-electron chi connectivity index (χ1n) is 8.86. The molecule has 2 N–H and O–H groups in total. The first-order chi connectivity index (χ1) is 12.0. The molecule has 0 bridgehead atoms. The molecule has 2 aliphatic heterocycles. The van der Waals surface area contributed by atoms with Crippen molar-refractivity contribution >= 4 is 17.6 Å². The van der Waals surface area contributed by atoms with E-state index < -0.39 is 0 Å². The molecule has 0 aromatic heterocycles. The van der Waals surface area contributed by atoms with Gasteiger partial charge in [-0.25, -0.2) is 9.18 Å². The third-order valence-electron chi connectivity index (χ3n) is 4.79. The van der Waals surface area contributed by atoms with Crippen molar-refractivity contribution in [2.24, 2.45) is 0 Å². The fourth-order valence-corrected chi connectivity index (χ4v) is 3.56. The molecule has 3 rings (SSSR count). The minimum absolute atomic E-state index is 0.0403. The van der Waals surface area contributed by atoms with E-state index in [1.165, 1.54) is 12.1 Å². The molecule has 2 fully saturated rings. The number of urea groups is 1. The fraction of sp³-hybridized carbons (Fsp3) is 0.556. The largest absolute Gasteiger partial charge is 0.369 e. The smallest absolute Gasteiger partial charge is 0.317 e.